The van der Waals surface area contributed by atoms with Gasteiger partial charge in [0.25, 0.3) is 5.91 Å². The van der Waals surface area contributed by atoms with Crippen LogP contribution in [0.3, 0.4) is 0 Å². The molecule has 6 nitrogen and oxygen atoms in total. The molecule has 1 aliphatic heterocycles. The van der Waals surface area contributed by atoms with Gasteiger partial charge in [0.05, 0.1) is 27.7 Å². The molecule has 3 rings (SSSR count). The highest BCUT2D eigenvalue weighted by Gasteiger charge is 2.33. The fraction of sp³-hybridized carbons (Fsp3) is 0.200. The number of carbonyl (C=O) groups excluding carboxylic acids is 1. The van der Waals surface area contributed by atoms with E-state index in [1.807, 2.05) is 25.1 Å². The van der Waals surface area contributed by atoms with Crippen molar-refractivity contribution in [2.75, 3.05) is 11.9 Å². The van der Waals surface area contributed by atoms with E-state index >= 15 is 0 Å². The molecular formula is C20H19BrClN3O3S. The number of amides is 1. The maximum absolute atomic E-state index is 13.1. The van der Waals surface area contributed by atoms with Gasteiger partial charge in [0.1, 0.15) is 0 Å². The first kappa shape index (κ1) is 21.4. The Labute approximate surface area is 187 Å². The second kappa shape index (κ2) is 9.02. The second-order valence-electron chi connectivity index (χ2n) is 6.26. The van der Waals surface area contributed by atoms with Crippen molar-refractivity contribution in [3.8, 4) is 11.5 Å². The molecule has 4 N–H and O–H groups in total. The number of carbonyl (C=O) groups is 1. The zero-order valence-corrected chi connectivity index (χ0v) is 18.8. The molecule has 0 aromatic heterocycles. The first-order valence-corrected chi connectivity index (χ1v) is 10.4. The summed E-state index contributed by atoms with van der Waals surface area (Å²) in [5, 5.41) is 19.9. The average Bonchev–Trinajstić information content (AvgIpc) is 2.68. The summed E-state index contributed by atoms with van der Waals surface area (Å²) in [5.74, 6) is -0.155. The van der Waals surface area contributed by atoms with E-state index < -0.39 is 6.04 Å². The van der Waals surface area contributed by atoms with Crippen LogP contribution in [0.5, 0.6) is 11.5 Å². The minimum absolute atomic E-state index is 0.104. The van der Waals surface area contributed by atoms with Gasteiger partial charge in [-0.15, -0.1) is 0 Å². The molecule has 2 aromatic rings. The highest BCUT2D eigenvalue weighted by atomic mass is 79.9. The van der Waals surface area contributed by atoms with Crippen molar-refractivity contribution in [3.05, 3.63) is 62.7 Å². The van der Waals surface area contributed by atoms with Crippen molar-refractivity contribution in [1.29, 1.82) is 0 Å². The molecule has 0 bridgehead atoms. The smallest absolute Gasteiger partial charge is 0.255 e. The summed E-state index contributed by atoms with van der Waals surface area (Å²) < 4.78 is 5.80. The number of ether oxygens (including phenoxy) is 1. The Morgan fingerprint density at radius 3 is 2.72 bits per heavy atom. The van der Waals surface area contributed by atoms with Crippen molar-refractivity contribution >= 4 is 56.5 Å². The number of rotatable bonds is 5. The summed E-state index contributed by atoms with van der Waals surface area (Å²) in [6.07, 6.45) is 0. The number of allylic oxidation sites excluding steroid dienone is 1. The SMILES string of the molecule is CCOc1cc([C@H]2NC(=S)NC(C)=C2C(=O)Nc2ccccc2)c(Cl)c(Br)c1O. The number of anilines is 1. The summed E-state index contributed by atoms with van der Waals surface area (Å²) >= 11 is 15.1. The number of benzene rings is 2. The summed E-state index contributed by atoms with van der Waals surface area (Å²) in [4.78, 5) is 13.1. The van der Waals surface area contributed by atoms with Gasteiger partial charge < -0.3 is 25.8 Å². The van der Waals surface area contributed by atoms with Gasteiger partial charge >= 0.3 is 0 Å². The first-order chi connectivity index (χ1) is 13.8. The lowest BCUT2D eigenvalue weighted by Crippen LogP contribution is -2.45. The number of thiocarbonyl (C=S) groups is 1. The summed E-state index contributed by atoms with van der Waals surface area (Å²) in [7, 11) is 0. The highest BCUT2D eigenvalue weighted by molar-refractivity contribution is 9.10. The highest BCUT2D eigenvalue weighted by Crippen LogP contribution is 2.45. The Hall–Kier alpha value is -2.29. The van der Waals surface area contributed by atoms with E-state index in [4.69, 9.17) is 28.6 Å². The van der Waals surface area contributed by atoms with Crippen LogP contribution >= 0.6 is 39.7 Å². The van der Waals surface area contributed by atoms with Gasteiger partial charge in [0, 0.05) is 16.9 Å². The van der Waals surface area contributed by atoms with Crippen LogP contribution in [0, 0.1) is 0 Å². The minimum Gasteiger partial charge on any atom is -0.503 e. The van der Waals surface area contributed by atoms with Crippen LogP contribution in [0.25, 0.3) is 0 Å². The third-order valence-corrected chi connectivity index (χ3v) is 5.96. The van der Waals surface area contributed by atoms with Gasteiger partial charge in [-0.2, -0.15) is 0 Å². The monoisotopic (exact) mass is 495 g/mol. The minimum atomic E-state index is -0.643. The number of hydrogen-bond donors (Lipinski definition) is 4. The maximum Gasteiger partial charge on any atom is 0.255 e. The molecule has 2 aromatic carbocycles. The molecular weight excluding hydrogens is 478 g/mol. The number of phenolic OH excluding ortho intramolecular Hbond substituents is 1. The van der Waals surface area contributed by atoms with E-state index in [1.165, 1.54) is 0 Å². The van der Waals surface area contributed by atoms with Crippen LogP contribution in [0.15, 0.2) is 52.1 Å². The van der Waals surface area contributed by atoms with E-state index in [0.717, 1.165) is 0 Å². The third kappa shape index (κ3) is 4.49. The first-order valence-electron chi connectivity index (χ1n) is 8.81. The largest absolute Gasteiger partial charge is 0.503 e. The Morgan fingerprint density at radius 2 is 2.07 bits per heavy atom. The molecule has 0 spiro atoms. The van der Waals surface area contributed by atoms with Crippen LogP contribution in [0.4, 0.5) is 5.69 Å². The molecule has 0 radical (unpaired) electrons. The topological polar surface area (TPSA) is 82.6 Å². The molecule has 0 saturated carbocycles. The van der Waals surface area contributed by atoms with Gasteiger partial charge in [0.2, 0.25) is 0 Å². The predicted octanol–water partition coefficient (Wildman–Crippen LogP) is 4.64. The van der Waals surface area contributed by atoms with Crippen molar-refractivity contribution < 1.29 is 14.6 Å². The Balaban J connectivity index is 2.07. The standard InChI is InChI=1S/C20H19BrClN3O3S/c1-3-28-13-9-12(16(22)15(21)18(13)26)17-14(10(2)23-20(29)25-17)19(27)24-11-7-5-4-6-8-11/h4-9,17,26H,3H2,1-2H3,(H,24,27)(H2,23,25,29)/t17-/m1/s1. The molecule has 9 heteroatoms. The Kier molecular flexibility index (Phi) is 6.66. The molecule has 0 aliphatic carbocycles. The number of para-hydroxylation sites is 1. The van der Waals surface area contributed by atoms with Gasteiger partial charge in [-0.25, -0.2) is 0 Å². The van der Waals surface area contributed by atoms with Gasteiger partial charge in [-0.1, -0.05) is 29.8 Å². The summed E-state index contributed by atoms with van der Waals surface area (Å²) in [6.45, 7) is 3.94. The van der Waals surface area contributed by atoms with Crippen molar-refractivity contribution in [3.63, 3.8) is 0 Å². The fourth-order valence-electron chi connectivity index (χ4n) is 3.04. The molecule has 0 unspecified atom stereocenters. The second-order valence-corrected chi connectivity index (χ2v) is 7.84. The molecule has 152 valence electrons. The van der Waals surface area contributed by atoms with Crippen LogP contribution in [-0.4, -0.2) is 22.7 Å². The molecule has 0 fully saturated rings. The third-order valence-electron chi connectivity index (χ3n) is 4.33. The summed E-state index contributed by atoms with van der Waals surface area (Å²) in [6, 6.07) is 10.1. The Morgan fingerprint density at radius 1 is 1.38 bits per heavy atom. The van der Waals surface area contributed by atoms with E-state index in [0.29, 0.717) is 34.2 Å². The number of halogens is 2. The molecule has 0 saturated heterocycles. The van der Waals surface area contributed by atoms with Gasteiger partial charge in [0.15, 0.2) is 16.6 Å². The van der Waals surface area contributed by atoms with E-state index in [2.05, 4.69) is 31.9 Å². The van der Waals surface area contributed by atoms with Crippen LogP contribution in [0.2, 0.25) is 5.02 Å². The lowest BCUT2D eigenvalue weighted by molar-refractivity contribution is -0.113. The van der Waals surface area contributed by atoms with Crippen molar-refractivity contribution in [1.82, 2.24) is 10.6 Å². The van der Waals surface area contributed by atoms with Crippen LogP contribution < -0.4 is 20.7 Å². The zero-order valence-electron chi connectivity index (χ0n) is 15.7. The number of aromatic hydroxyl groups is 1. The van der Waals surface area contributed by atoms with Crippen molar-refractivity contribution in [2.24, 2.45) is 0 Å². The lowest BCUT2D eigenvalue weighted by Gasteiger charge is -2.31. The van der Waals surface area contributed by atoms with Crippen LogP contribution in [0.1, 0.15) is 25.5 Å². The van der Waals surface area contributed by atoms with E-state index in [9.17, 15) is 9.90 Å². The van der Waals surface area contributed by atoms with Crippen LogP contribution in [-0.2, 0) is 4.79 Å². The van der Waals surface area contributed by atoms with Crippen molar-refractivity contribution in [2.45, 2.75) is 19.9 Å². The maximum atomic E-state index is 13.1. The quantitative estimate of drug-likeness (QED) is 0.452. The normalized spacial score (nSPS) is 16.1. The molecule has 1 aliphatic rings. The number of phenols is 1. The number of nitrogens with one attached hydrogen (secondary N) is 3. The molecule has 1 atom stereocenters. The average molecular weight is 497 g/mol. The molecule has 1 heterocycles. The van der Waals surface area contributed by atoms with E-state index in [-0.39, 0.29) is 26.9 Å². The lowest BCUT2D eigenvalue weighted by atomic mass is 9.94. The van der Waals surface area contributed by atoms with E-state index in [1.54, 1.807) is 25.1 Å². The molecule has 29 heavy (non-hydrogen) atoms. The van der Waals surface area contributed by atoms with Gasteiger partial charge in [-0.05, 0) is 60.2 Å². The molecule has 1 amide bonds. The summed E-state index contributed by atoms with van der Waals surface area (Å²) in [5.41, 5.74) is 2.23. The zero-order chi connectivity index (χ0) is 21.1. The number of hydrogen-bond acceptors (Lipinski definition) is 4. The Bertz CT molecular complexity index is 998. The predicted molar refractivity (Wildman–Crippen MR) is 121 cm³/mol. The fourth-order valence-corrected chi connectivity index (χ4v) is 3.98. The van der Waals surface area contributed by atoms with Gasteiger partial charge in [-0.3, -0.25) is 4.79 Å².